The third-order valence-corrected chi connectivity index (χ3v) is 5.62. The number of alkyl halides is 3. The monoisotopic (exact) mass is 443 g/mol. The Morgan fingerprint density at radius 2 is 1.81 bits per heavy atom. The van der Waals surface area contributed by atoms with Gasteiger partial charge in [0.2, 0.25) is 5.91 Å². The van der Waals surface area contributed by atoms with E-state index in [4.69, 9.17) is 0 Å². The van der Waals surface area contributed by atoms with E-state index in [0.717, 1.165) is 30.5 Å². The molecule has 166 valence electrons. The van der Waals surface area contributed by atoms with Crippen molar-refractivity contribution in [1.82, 2.24) is 14.9 Å². The van der Waals surface area contributed by atoms with Crippen molar-refractivity contribution >= 4 is 5.91 Å². The lowest BCUT2D eigenvalue weighted by atomic mass is 9.91. The van der Waals surface area contributed by atoms with Crippen molar-refractivity contribution in [3.8, 4) is 11.3 Å². The molecule has 1 aliphatic heterocycles. The molecule has 2 aromatic carbocycles. The number of hydrogen-bond acceptors (Lipinski definition) is 3. The van der Waals surface area contributed by atoms with Gasteiger partial charge in [0.15, 0.2) is 0 Å². The van der Waals surface area contributed by atoms with Crippen LogP contribution in [0.2, 0.25) is 0 Å². The lowest BCUT2D eigenvalue weighted by Crippen LogP contribution is -2.40. The molecular formula is C24H21F4N3O. The molecule has 1 unspecified atom stereocenters. The van der Waals surface area contributed by atoms with Gasteiger partial charge in [-0.05, 0) is 42.7 Å². The molecule has 1 aliphatic rings. The number of piperidine rings is 1. The molecule has 1 fully saturated rings. The Labute approximate surface area is 182 Å². The van der Waals surface area contributed by atoms with Gasteiger partial charge in [-0.3, -0.25) is 14.8 Å². The van der Waals surface area contributed by atoms with Crippen molar-refractivity contribution in [2.24, 2.45) is 0 Å². The minimum absolute atomic E-state index is 0.0779. The van der Waals surface area contributed by atoms with Crippen molar-refractivity contribution in [3.05, 3.63) is 83.6 Å². The van der Waals surface area contributed by atoms with Crippen molar-refractivity contribution in [3.63, 3.8) is 0 Å². The summed E-state index contributed by atoms with van der Waals surface area (Å²) < 4.78 is 52.7. The molecule has 4 rings (SSSR count). The predicted molar refractivity (Wildman–Crippen MR) is 111 cm³/mol. The molecule has 0 bridgehead atoms. The van der Waals surface area contributed by atoms with Crippen LogP contribution in [0.25, 0.3) is 11.3 Å². The fourth-order valence-electron chi connectivity index (χ4n) is 4.03. The van der Waals surface area contributed by atoms with Crippen LogP contribution < -0.4 is 0 Å². The van der Waals surface area contributed by atoms with Crippen LogP contribution in [0.1, 0.15) is 35.6 Å². The molecule has 1 aromatic heterocycles. The van der Waals surface area contributed by atoms with Gasteiger partial charge in [0, 0.05) is 37.0 Å². The van der Waals surface area contributed by atoms with Crippen molar-refractivity contribution in [2.75, 3.05) is 13.1 Å². The Morgan fingerprint density at radius 3 is 2.56 bits per heavy atom. The van der Waals surface area contributed by atoms with Crippen LogP contribution in [0, 0.1) is 5.82 Å². The van der Waals surface area contributed by atoms with E-state index >= 15 is 0 Å². The van der Waals surface area contributed by atoms with Crippen molar-refractivity contribution in [2.45, 2.75) is 31.4 Å². The van der Waals surface area contributed by atoms with Crippen LogP contribution >= 0.6 is 0 Å². The molecule has 4 nitrogen and oxygen atoms in total. The lowest BCUT2D eigenvalue weighted by Gasteiger charge is -2.33. The number of halogens is 4. The normalized spacial score (nSPS) is 16.8. The van der Waals surface area contributed by atoms with Crippen LogP contribution in [0.15, 0.2) is 60.9 Å². The first-order valence-corrected chi connectivity index (χ1v) is 10.3. The molecule has 0 N–H and O–H groups in total. The zero-order valence-corrected chi connectivity index (χ0v) is 17.1. The number of carbonyl (C=O) groups is 1. The summed E-state index contributed by atoms with van der Waals surface area (Å²) in [6.45, 7) is 1.00. The number of amides is 1. The molecule has 1 saturated heterocycles. The topological polar surface area (TPSA) is 46.1 Å². The third kappa shape index (κ3) is 4.95. The van der Waals surface area contributed by atoms with Crippen LogP contribution in [-0.2, 0) is 17.4 Å². The van der Waals surface area contributed by atoms with E-state index in [9.17, 15) is 22.4 Å². The molecule has 1 amide bonds. The Hall–Kier alpha value is -3.29. The fraction of sp³-hybridized carbons (Fsp3) is 0.292. The maximum atomic E-state index is 13.2. The second-order valence-electron chi connectivity index (χ2n) is 7.85. The van der Waals surface area contributed by atoms with E-state index in [2.05, 4.69) is 9.97 Å². The highest BCUT2D eigenvalue weighted by Crippen LogP contribution is 2.35. The van der Waals surface area contributed by atoms with E-state index in [1.807, 2.05) is 0 Å². The highest BCUT2D eigenvalue weighted by molar-refractivity contribution is 5.79. The molecule has 0 radical (unpaired) electrons. The van der Waals surface area contributed by atoms with E-state index in [1.165, 1.54) is 30.6 Å². The molecule has 0 spiro atoms. The van der Waals surface area contributed by atoms with Gasteiger partial charge >= 0.3 is 6.18 Å². The van der Waals surface area contributed by atoms with Crippen LogP contribution in [0.5, 0.6) is 0 Å². The Balaban J connectivity index is 1.56. The first kappa shape index (κ1) is 21.9. The first-order valence-electron chi connectivity index (χ1n) is 10.3. The van der Waals surface area contributed by atoms with E-state index in [0.29, 0.717) is 30.0 Å². The zero-order chi connectivity index (χ0) is 22.7. The third-order valence-electron chi connectivity index (χ3n) is 5.62. The van der Waals surface area contributed by atoms with Gasteiger partial charge in [0.05, 0.1) is 23.4 Å². The van der Waals surface area contributed by atoms with Gasteiger partial charge in [0.1, 0.15) is 5.82 Å². The molecule has 0 saturated carbocycles. The van der Waals surface area contributed by atoms with E-state index < -0.39 is 11.7 Å². The lowest BCUT2D eigenvalue weighted by molar-refractivity contribution is -0.137. The summed E-state index contributed by atoms with van der Waals surface area (Å²) in [5.41, 5.74) is 1.31. The minimum atomic E-state index is -4.45. The van der Waals surface area contributed by atoms with Crippen LogP contribution in [0.4, 0.5) is 17.6 Å². The number of benzene rings is 2. The van der Waals surface area contributed by atoms with E-state index in [-0.39, 0.29) is 24.1 Å². The molecule has 3 aromatic rings. The molecule has 32 heavy (non-hydrogen) atoms. The quantitative estimate of drug-likeness (QED) is 0.518. The highest BCUT2D eigenvalue weighted by atomic mass is 19.4. The molecule has 2 heterocycles. The minimum Gasteiger partial charge on any atom is -0.342 e. The molecule has 1 atom stereocenters. The zero-order valence-electron chi connectivity index (χ0n) is 17.1. The fourth-order valence-corrected chi connectivity index (χ4v) is 4.03. The number of rotatable bonds is 4. The molecule has 0 aliphatic carbocycles. The van der Waals surface area contributed by atoms with Crippen molar-refractivity contribution < 1.29 is 22.4 Å². The number of hydrogen-bond donors (Lipinski definition) is 0. The number of nitrogens with zero attached hydrogens (tertiary/aromatic N) is 3. The van der Waals surface area contributed by atoms with Gasteiger partial charge in [-0.25, -0.2) is 4.39 Å². The molecule has 8 heteroatoms. The summed E-state index contributed by atoms with van der Waals surface area (Å²) in [4.78, 5) is 23.3. The largest absolute Gasteiger partial charge is 0.416 e. The smallest absolute Gasteiger partial charge is 0.342 e. The van der Waals surface area contributed by atoms with Crippen LogP contribution in [0.3, 0.4) is 0 Å². The average molecular weight is 443 g/mol. The van der Waals surface area contributed by atoms with Crippen molar-refractivity contribution in [1.29, 1.82) is 0 Å². The first-order chi connectivity index (χ1) is 15.3. The van der Waals surface area contributed by atoms with Gasteiger partial charge in [0.25, 0.3) is 0 Å². The maximum absolute atomic E-state index is 13.2. The van der Waals surface area contributed by atoms with E-state index in [1.54, 1.807) is 23.1 Å². The Bertz CT molecular complexity index is 1100. The van der Waals surface area contributed by atoms with Gasteiger partial charge < -0.3 is 4.90 Å². The van der Waals surface area contributed by atoms with Gasteiger partial charge in [-0.15, -0.1) is 0 Å². The standard InChI is InChI=1S/C24H21F4N3O/c25-20-8-6-16(7-9-20)13-21(32)31-12-2-4-18(15-31)23-22(29-10-11-30-23)17-3-1-5-19(14-17)24(26,27)28/h1,3,5-11,14,18H,2,4,12-13,15H2. The number of likely N-dealkylation sites (tertiary alicyclic amines) is 1. The number of carbonyl (C=O) groups excluding carboxylic acids is 1. The molecular weight excluding hydrogens is 422 g/mol. The highest BCUT2D eigenvalue weighted by Gasteiger charge is 2.32. The summed E-state index contributed by atoms with van der Waals surface area (Å²) in [5, 5.41) is 0. The predicted octanol–water partition coefficient (Wildman–Crippen LogP) is 5.25. The summed E-state index contributed by atoms with van der Waals surface area (Å²) in [5.74, 6) is -0.575. The summed E-state index contributed by atoms with van der Waals surface area (Å²) in [6, 6.07) is 10.9. The SMILES string of the molecule is O=C(Cc1ccc(F)cc1)N1CCCC(c2nccnc2-c2cccc(C(F)(F)F)c2)C1. The summed E-state index contributed by atoms with van der Waals surface area (Å²) in [7, 11) is 0. The second kappa shape index (κ2) is 9.06. The maximum Gasteiger partial charge on any atom is 0.416 e. The second-order valence-corrected chi connectivity index (χ2v) is 7.85. The Kier molecular flexibility index (Phi) is 6.21. The van der Waals surface area contributed by atoms with Gasteiger partial charge in [-0.2, -0.15) is 13.2 Å². The van der Waals surface area contributed by atoms with Crippen LogP contribution in [-0.4, -0.2) is 33.9 Å². The summed E-state index contributed by atoms with van der Waals surface area (Å²) in [6.07, 6.45) is 0.190. The average Bonchev–Trinajstić information content (AvgIpc) is 2.80. The summed E-state index contributed by atoms with van der Waals surface area (Å²) >= 11 is 0. The van der Waals surface area contributed by atoms with Gasteiger partial charge in [-0.1, -0.05) is 24.3 Å². The Morgan fingerprint density at radius 1 is 1.06 bits per heavy atom. The number of aromatic nitrogens is 2.